The van der Waals surface area contributed by atoms with E-state index < -0.39 is 15.7 Å². The molecular formula is C14H17N3O4S2. The number of aromatic nitrogens is 2. The van der Waals surface area contributed by atoms with Crippen molar-refractivity contribution < 1.29 is 17.9 Å². The molecule has 124 valence electrons. The van der Waals surface area contributed by atoms with Crippen LogP contribution in [0.4, 0.5) is 5.13 Å². The van der Waals surface area contributed by atoms with Crippen molar-refractivity contribution in [1.29, 1.82) is 0 Å². The minimum atomic E-state index is -3.44. The summed E-state index contributed by atoms with van der Waals surface area (Å²) in [6.45, 7) is 2.58. The van der Waals surface area contributed by atoms with Crippen LogP contribution in [-0.4, -0.2) is 37.4 Å². The minimum Gasteiger partial charge on any atom is -0.493 e. The molecule has 0 fully saturated rings. The third-order valence-corrected chi connectivity index (χ3v) is 5.34. The molecule has 0 aliphatic heterocycles. The molecule has 1 heterocycles. The summed E-state index contributed by atoms with van der Waals surface area (Å²) >= 11 is 0.807. The normalized spacial score (nSPS) is 11.2. The lowest BCUT2D eigenvalue weighted by atomic mass is 10.2. The van der Waals surface area contributed by atoms with Gasteiger partial charge in [-0.25, -0.2) is 8.42 Å². The van der Waals surface area contributed by atoms with Crippen molar-refractivity contribution in [1.82, 2.24) is 10.2 Å². The molecule has 1 N–H and O–H groups in total. The molecule has 0 unspecified atom stereocenters. The van der Waals surface area contributed by atoms with Gasteiger partial charge in [0.15, 0.2) is 0 Å². The number of ether oxygens (including phenoxy) is 1. The first-order valence-corrected chi connectivity index (χ1v) is 9.69. The van der Waals surface area contributed by atoms with Gasteiger partial charge in [-0.05, 0) is 18.6 Å². The highest BCUT2D eigenvalue weighted by Gasteiger charge is 2.18. The van der Waals surface area contributed by atoms with E-state index in [1.54, 1.807) is 24.3 Å². The summed E-state index contributed by atoms with van der Waals surface area (Å²) in [5.41, 5.74) is 0.361. The second-order valence-electron chi connectivity index (χ2n) is 4.80. The second-order valence-corrected chi connectivity index (χ2v) is 7.96. The Bertz CT molecular complexity index is 787. The maximum Gasteiger partial charge on any atom is 0.261 e. The summed E-state index contributed by atoms with van der Waals surface area (Å²) in [7, 11) is -3.44. The van der Waals surface area contributed by atoms with Crippen LogP contribution in [0.1, 0.15) is 30.1 Å². The van der Waals surface area contributed by atoms with E-state index in [2.05, 4.69) is 22.4 Å². The highest BCUT2D eigenvalue weighted by molar-refractivity contribution is 7.92. The first-order chi connectivity index (χ1) is 10.9. The average molecular weight is 355 g/mol. The largest absolute Gasteiger partial charge is 0.493 e. The number of unbranched alkanes of at least 4 members (excludes halogenated alkanes) is 1. The highest BCUT2D eigenvalue weighted by atomic mass is 32.2. The third kappa shape index (κ3) is 4.73. The first kappa shape index (κ1) is 17.4. The number of benzene rings is 1. The number of hydrogen-bond acceptors (Lipinski definition) is 7. The monoisotopic (exact) mass is 355 g/mol. The van der Waals surface area contributed by atoms with E-state index >= 15 is 0 Å². The van der Waals surface area contributed by atoms with Crippen molar-refractivity contribution in [2.75, 3.05) is 18.2 Å². The van der Waals surface area contributed by atoms with Gasteiger partial charge < -0.3 is 4.74 Å². The van der Waals surface area contributed by atoms with Crippen LogP contribution in [0.25, 0.3) is 0 Å². The highest BCUT2D eigenvalue weighted by Crippen LogP contribution is 2.23. The van der Waals surface area contributed by atoms with Crippen molar-refractivity contribution in [3.05, 3.63) is 29.8 Å². The van der Waals surface area contributed by atoms with Gasteiger partial charge in [-0.3, -0.25) is 10.1 Å². The molecule has 0 spiro atoms. The Balaban J connectivity index is 2.13. The van der Waals surface area contributed by atoms with Crippen molar-refractivity contribution in [2.45, 2.75) is 24.1 Å². The summed E-state index contributed by atoms with van der Waals surface area (Å²) in [6.07, 6.45) is 2.92. The third-order valence-electron chi connectivity index (χ3n) is 2.83. The Labute approximate surface area is 138 Å². The predicted molar refractivity (Wildman–Crippen MR) is 87.8 cm³/mol. The van der Waals surface area contributed by atoms with Gasteiger partial charge in [-0.1, -0.05) is 36.8 Å². The van der Waals surface area contributed by atoms with Gasteiger partial charge in [-0.2, -0.15) is 0 Å². The van der Waals surface area contributed by atoms with Gasteiger partial charge in [0, 0.05) is 6.26 Å². The lowest BCUT2D eigenvalue weighted by molar-refractivity contribution is 0.102. The molecule has 1 aromatic heterocycles. The Morgan fingerprint density at radius 1 is 1.30 bits per heavy atom. The summed E-state index contributed by atoms with van der Waals surface area (Å²) in [5.74, 6) is 0.0552. The SMILES string of the molecule is CCCCOc1ccccc1C(=O)Nc1nnc(S(C)(=O)=O)s1. The molecule has 0 radical (unpaired) electrons. The summed E-state index contributed by atoms with van der Waals surface area (Å²) in [5, 5.41) is 9.89. The lowest BCUT2D eigenvalue weighted by Gasteiger charge is -2.10. The molecule has 0 saturated heterocycles. The minimum absolute atomic E-state index is 0.124. The molecule has 9 heteroatoms. The van der Waals surface area contributed by atoms with Crippen molar-refractivity contribution in [3.63, 3.8) is 0 Å². The molecule has 0 aliphatic rings. The number of anilines is 1. The summed E-state index contributed by atoms with van der Waals surface area (Å²) < 4.78 is 28.2. The number of carbonyl (C=O) groups excluding carboxylic acids is 1. The summed E-state index contributed by atoms with van der Waals surface area (Å²) in [6, 6.07) is 6.86. The fourth-order valence-electron chi connectivity index (χ4n) is 1.68. The molecule has 1 aromatic carbocycles. The number of nitrogens with one attached hydrogen (secondary N) is 1. The number of para-hydroxylation sites is 1. The zero-order chi connectivity index (χ0) is 16.9. The van der Waals surface area contributed by atoms with Crippen molar-refractivity contribution in [3.8, 4) is 5.75 Å². The van der Waals surface area contributed by atoms with Crippen molar-refractivity contribution >= 4 is 32.2 Å². The van der Waals surface area contributed by atoms with E-state index in [-0.39, 0.29) is 9.47 Å². The maximum atomic E-state index is 12.3. The zero-order valence-corrected chi connectivity index (χ0v) is 14.4. The van der Waals surface area contributed by atoms with Gasteiger partial charge in [0.05, 0.1) is 12.2 Å². The standard InChI is InChI=1S/C14H17N3O4S2/c1-3-4-9-21-11-8-6-5-7-10(11)12(18)15-13-16-17-14(22-13)23(2,19)20/h5-8H,3-4,9H2,1-2H3,(H,15,16,18). The number of nitrogens with zero attached hydrogens (tertiary/aromatic N) is 2. The van der Waals surface area contributed by atoms with Crippen LogP contribution in [0, 0.1) is 0 Å². The predicted octanol–water partition coefficient (Wildman–Crippen LogP) is 2.37. The smallest absolute Gasteiger partial charge is 0.261 e. The van der Waals surface area contributed by atoms with Crippen LogP contribution in [0.3, 0.4) is 0 Å². The number of sulfone groups is 1. The van der Waals surface area contributed by atoms with Crippen LogP contribution in [0.15, 0.2) is 28.6 Å². The number of hydrogen-bond donors (Lipinski definition) is 1. The van der Waals surface area contributed by atoms with Crippen LogP contribution in [-0.2, 0) is 9.84 Å². The van der Waals surface area contributed by atoms with E-state index in [9.17, 15) is 13.2 Å². The average Bonchev–Trinajstić information content (AvgIpc) is 2.96. The van der Waals surface area contributed by atoms with Crippen LogP contribution in [0.2, 0.25) is 0 Å². The number of rotatable bonds is 7. The molecule has 1 amide bonds. The van der Waals surface area contributed by atoms with E-state index in [1.807, 2.05) is 0 Å². The van der Waals surface area contributed by atoms with Gasteiger partial charge >= 0.3 is 0 Å². The Morgan fingerprint density at radius 3 is 2.70 bits per heavy atom. The fourth-order valence-corrected chi connectivity index (χ4v) is 3.19. The number of amides is 1. The van der Waals surface area contributed by atoms with Gasteiger partial charge in [0.2, 0.25) is 19.3 Å². The van der Waals surface area contributed by atoms with Crippen LogP contribution < -0.4 is 10.1 Å². The molecule has 0 atom stereocenters. The second kappa shape index (κ2) is 7.51. The van der Waals surface area contributed by atoms with E-state index in [4.69, 9.17) is 4.74 Å². The first-order valence-electron chi connectivity index (χ1n) is 6.98. The van der Waals surface area contributed by atoms with Crippen LogP contribution in [0.5, 0.6) is 5.75 Å². The van der Waals surface area contributed by atoms with E-state index in [1.165, 1.54) is 0 Å². The van der Waals surface area contributed by atoms with Gasteiger partial charge in [0.25, 0.3) is 5.91 Å². The Morgan fingerprint density at radius 2 is 2.04 bits per heavy atom. The van der Waals surface area contributed by atoms with E-state index in [0.717, 1.165) is 30.4 Å². The lowest BCUT2D eigenvalue weighted by Crippen LogP contribution is -2.13. The molecule has 7 nitrogen and oxygen atoms in total. The molecule has 2 aromatic rings. The molecule has 23 heavy (non-hydrogen) atoms. The zero-order valence-electron chi connectivity index (χ0n) is 12.8. The Kier molecular flexibility index (Phi) is 5.67. The quantitative estimate of drug-likeness (QED) is 0.605. The Hall–Kier alpha value is -2.00. The fraction of sp³-hybridized carbons (Fsp3) is 0.357. The van der Waals surface area contributed by atoms with E-state index in [0.29, 0.717) is 17.9 Å². The molecule has 0 saturated carbocycles. The molecular weight excluding hydrogens is 338 g/mol. The van der Waals surface area contributed by atoms with Crippen LogP contribution >= 0.6 is 11.3 Å². The van der Waals surface area contributed by atoms with Gasteiger partial charge in [0.1, 0.15) is 5.75 Å². The molecule has 0 bridgehead atoms. The number of carbonyl (C=O) groups is 1. The topological polar surface area (TPSA) is 98.2 Å². The van der Waals surface area contributed by atoms with Crippen molar-refractivity contribution in [2.24, 2.45) is 0 Å². The summed E-state index contributed by atoms with van der Waals surface area (Å²) in [4.78, 5) is 12.3. The molecule has 0 aliphatic carbocycles. The maximum absolute atomic E-state index is 12.3. The molecule has 2 rings (SSSR count). The van der Waals surface area contributed by atoms with Gasteiger partial charge in [-0.15, -0.1) is 10.2 Å².